The van der Waals surface area contributed by atoms with Crippen molar-refractivity contribution in [3.8, 4) is 0 Å². The van der Waals surface area contributed by atoms with E-state index in [0.29, 0.717) is 12.8 Å². The summed E-state index contributed by atoms with van der Waals surface area (Å²) < 4.78 is 14.3. The molecule has 3 N–H and O–H groups in total. The van der Waals surface area contributed by atoms with E-state index < -0.39 is 18.2 Å². The number of rotatable bonds is 12. The fourth-order valence-electron chi connectivity index (χ4n) is 4.91. The van der Waals surface area contributed by atoms with E-state index in [1.54, 1.807) is 0 Å². The molecule has 4 nitrogen and oxygen atoms in total. The summed E-state index contributed by atoms with van der Waals surface area (Å²) in [6.45, 7) is 2.13. The van der Waals surface area contributed by atoms with Crippen molar-refractivity contribution in [2.24, 2.45) is 17.3 Å². The number of halogens is 1. The van der Waals surface area contributed by atoms with Crippen molar-refractivity contribution in [2.75, 3.05) is 0 Å². The Morgan fingerprint density at radius 1 is 1.26 bits per heavy atom. The molecule has 2 fully saturated rings. The summed E-state index contributed by atoms with van der Waals surface area (Å²) >= 11 is 0. The van der Waals surface area contributed by atoms with Crippen LogP contribution in [0.4, 0.5) is 4.39 Å². The van der Waals surface area contributed by atoms with Gasteiger partial charge in [-0.25, -0.2) is 4.39 Å². The molecule has 5 heteroatoms. The quantitative estimate of drug-likeness (QED) is 0.338. The highest BCUT2D eigenvalue weighted by Gasteiger charge is 2.42. The predicted octanol–water partition coefficient (Wildman–Crippen LogP) is 4.63. The molecule has 0 aromatic heterocycles. The molecule has 0 aromatic carbocycles. The molecule has 2 saturated carbocycles. The molecule has 0 saturated heterocycles. The zero-order valence-corrected chi connectivity index (χ0v) is 16.7. The van der Waals surface area contributed by atoms with Crippen LogP contribution in [0.3, 0.4) is 0 Å². The highest BCUT2D eigenvalue weighted by molar-refractivity contribution is 5.66. The average Bonchev–Trinajstić information content (AvgIpc) is 2.84. The average molecular weight is 385 g/mol. The molecule has 0 aliphatic heterocycles. The van der Waals surface area contributed by atoms with E-state index in [-0.39, 0.29) is 36.2 Å². The number of unbranched alkanes of at least 4 members (excludes halogenated alkanes) is 3. The molecule has 2 rings (SSSR count). The number of carboxylic acid groups (broad SMARTS) is 1. The van der Waals surface area contributed by atoms with Crippen molar-refractivity contribution in [2.45, 2.75) is 102 Å². The summed E-state index contributed by atoms with van der Waals surface area (Å²) in [5, 5.41) is 29.4. The Balaban J connectivity index is 1.77. The van der Waals surface area contributed by atoms with Gasteiger partial charge in [-0.2, -0.15) is 0 Å². The van der Waals surface area contributed by atoms with Crippen LogP contribution in [-0.2, 0) is 4.79 Å². The van der Waals surface area contributed by atoms with Crippen molar-refractivity contribution in [3.05, 3.63) is 12.2 Å². The maximum Gasteiger partial charge on any atom is 0.303 e. The van der Waals surface area contributed by atoms with Crippen LogP contribution in [0.2, 0.25) is 0 Å². The largest absolute Gasteiger partial charge is 0.481 e. The van der Waals surface area contributed by atoms with Crippen LogP contribution >= 0.6 is 0 Å². The van der Waals surface area contributed by atoms with Gasteiger partial charge in [0.15, 0.2) is 0 Å². The summed E-state index contributed by atoms with van der Waals surface area (Å²) in [6.07, 6.45) is 11.2. The van der Waals surface area contributed by atoms with Crippen LogP contribution in [0.25, 0.3) is 0 Å². The summed E-state index contributed by atoms with van der Waals surface area (Å²) in [6, 6.07) is 0. The summed E-state index contributed by atoms with van der Waals surface area (Å²) in [4.78, 5) is 10.5. The Kier molecular flexibility index (Phi) is 8.74. The van der Waals surface area contributed by atoms with E-state index in [2.05, 4.69) is 6.92 Å². The maximum absolute atomic E-state index is 14.3. The van der Waals surface area contributed by atoms with Gasteiger partial charge >= 0.3 is 5.97 Å². The minimum absolute atomic E-state index is 0.0661. The first-order valence-electron chi connectivity index (χ1n) is 10.8. The summed E-state index contributed by atoms with van der Waals surface area (Å²) in [5.41, 5.74) is 0.0661. The second kappa shape index (κ2) is 10.6. The van der Waals surface area contributed by atoms with Crippen LogP contribution in [0.5, 0.6) is 0 Å². The van der Waals surface area contributed by atoms with E-state index in [9.17, 15) is 19.4 Å². The monoisotopic (exact) mass is 384 g/mol. The van der Waals surface area contributed by atoms with Gasteiger partial charge in [0, 0.05) is 18.8 Å². The Bertz CT molecular complexity index is 483. The summed E-state index contributed by atoms with van der Waals surface area (Å²) in [7, 11) is 0. The molecule has 0 radical (unpaired) electrons. The van der Waals surface area contributed by atoms with Crippen LogP contribution < -0.4 is 0 Å². The van der Waals surface area contributed by atoms with Crippen LogP contribution in [-0.4, -0.2) is 39.7 Å². The maximum atomic E-state index is 14.3. The van der Waals surface area contributed by atoms with Gasteiger partial charge in [0.1, 0.15) is 6.17 Å². The molecule has 2 aliphatic rings. The lowest BCUT2D eigenvalue weighted by Crippen LogP contribution is -2.40. The van der Waals surface area contributed by atoms with Gasteiger partial charge in [-0.1, -0.05) is 44.8 Å². The first-order valence-corrected chi connectivity index (χ1v) is 10.8. The smallest absolute Gasteiger partial charge is 0.303 e. The van der Waals surface area contributed by atoms with Gasteiger partial charge in [0.25, 0.3) is 0 Å². The Hall–Kier alpha value is -0.940. The van der Waals surface area contributed by atoms with Gasteiger partial charge in [-0.05, 0) is 49.9 Å². The van der Waals surface area contributed by atoms with Crippen molar-refractivity contribution in [3.63, 3.8) is 0 Å². The predicted molar refractivity (Wildman–Crippen MR) is 104 cm³/mol. The standard InChI is InChI=1S/C22H37FO4/c1-2-22(13-8-14-22)20(25)11-7-10-17-16(18(23)15-19(17)24)9-5-3-4-6-12-21(26)27/h7,10,16-20,24-25H,2-6,8-9,11-15H2,1H3,(H,26,27)/b10-7+/t16-,17-,18?,19?,20?/m1/s1. The van der Waals surface area contributed by atoms with Gasteiger partial charge in [0.05, 0.1) is 12.2 Å². The third-order valence-corrected chi connectivity index (χ3v) is 7.03. The molecule has 0 amide bonds. The molecule has 0 spiro atoms. The SMILES string of the molecule is CCC1(C(O)C/C=C/[C@H]2C(O)CC(F)[C@@H]2CCCCCCC(=O)O)CCC1. The lowest BCUT2D eigenvalue weighted by molar-refractivity contribution is -0.137. The third-order valence-electron chi connectivity index (χ3n) is 7.03. The number of carbonyl (C=O) groups is 1. The minimum Gasteiger partial charge on any atom is -0.481 e. The molecule has 0 bridgehead atoms. The number of hydrogen-bond acceptors (Lipinski definition) is 3. The number of carboxylic acids is 1. The minimum atomic E-state index is -0.979. The Morgan fingerprint density at radius 2 is 1.96 bits per heavy atom. The van der Waals surface area contributed by atoms with E-state index in [1.165, 1.54) is 6.42 Å². The van der Waals surface area contributed by atoms with Crippen molar-refractivity contribution >= 4 is 5.97 Å². The van der Waals surface area contributed by atoms with Gasteiger partial charge in [-0.3, -0.25) is 4.79 Å². The number of aliphatic hydroxyl groups is 2. The van der Waals surface area contributed by atoms with E-state index in [0.717, 1.165) is 44.9 Å². The summed E-state index contributed by atoms with van der Waals surface area (Å²) in [5.74, 6) is -1.11. The highest BCUT2D eigenvalue weighted by atomic mass is 19.1. The molecule has 156 valence electrons. The molecule has 5 atom stereocenters. The Labute approximate surface area is 162 Å². The van der Waals surface area contributed by atoms with E-state index in [1.807, 2.05) is 12.2 Å². The number of hydrogen-bond donors (Lipinski definition) is 3. The van der Waals surface area contributed by atoms with E-state index in [4.69, 9.17) is 5.11 Å². The highest BCUT2D eigenvalue weighted by Crippen LogP contribution is 2.47. The lowest BCUT2D eigenvalue weighted by atomic mass is 9.63. The first-order chi connectivity index (χ1) is 12.9. The van der Waals surface area contributed by atoms with Gasteiger partial charge < -0.3 is 15.3 Å². The van der Waals surface area contributed by atoms with Crippen molar-refractivity contribution in [1.82, 2.24) is 0 Å². The fourth-order valence-corrected chi connectivity index (χ4v) is 4.91. The van der Waals surface area contributed by atoms with Crippen LogP contribution in [0.15, 0.2) is 12.2 Å². The second-order valence-corrected chi connectivity index (χ2v) is 8.66. The molecule has 3 unspecified atom stereocenters. The molecular formula is C22H37FO4. The lowest BCUT2D eigenvalue weighted by Gasteiger charge is -2.45. The third kappa shape index (κ3) is 6.02. The topological polar surface area (TPSA) is 77.8 Å². The fraction of sp³-hybridized carbons (Fsp3) is 0.864. The normalized spacial score (nSPS) is 31.1. The van der Waals surface area contributed by atoms with Crippen molar-refractivity contribution in [1.29, 1.82) is 0 Å². The van der Waals surface area contributed by atoms with Crippen LogP contribution in [0, 0.1) is 17.3 Å². The zero-order valence-electron chi connectivity index (χ0n) is 16.7. The van der Waals surface area contributed by atoms with Gasteiger partial charge in [0.2, 0.25) is 0 Å². The number of alkyl halides is 1. The van der Waals surface area contributed by atoms with E-state index >= 15 is 0 Å². The second-order valence-electron chi connectivity index (χ2n) is 8.66. The molecule has 27 heavy (non-hydrogen) atoms. The Morgan fingerprint density at radius 3 is 2.56 bits per heavy atom. The number of aliphatic hydroxyl groups excluding tert-OH is 2. The molecule has 0 aromatic rings. The van der Waals surface area contributed by atoms with Crippen LogP contribution in [0.1, 0.15) is 84.0 Å². The van der Waals surface area contributed by atoms with Crippen molar-refractivity contribution < 1.29 is 24.5 Å². The molecule has 0 heterocycles. The zero-order chi connectivity index (χ0) is 19.9. The first kappa shape index (κ1) is 22.4. The van der Waals surface area contributed by atoms with Gasteiger partial charge in [-0.15, -0.1) is 0 Å². The molecule has 2 aliphatic carbocycles. The molecular weight excluding hydrogens is 347 g/mol. The number of aliphatic carboxylic acids is 1.